The first-order valence-electron chi connectivity index (χ1n) is 6.10. The minimum Gasteiger partial charge on any atom is -0.444 e. The van der Waals surface area contributed by atoms with Crippen molar-refractivity contribution in [3.05, 3.63) is 41.9 Å². The Morgan fingerprint density at radius 3 is 2.88 bits per heavy atom. The maximum Gasteiger partial charge on any atom is 0.208 e. The highest BCUT2D eigenvalue weighted by Crippen LogP contribution is 2.05. The summed E-state index contributed by atoms with van der Waals surface area (Å²) in [5.74, 6) is 1.70. The zero-order valence-electron chi connectivity index (χ0n) is 10.4. The summed E-state index contributed by atoms with van der Waals surface area (Å²) in [7, 11) is 0. The molecular weight excluding hydrogens is 214 g/mol. The molecule has 0 saturated heterocycles. The van der Waals surface area contributed by atoms with Gasteiger partial charge < -0.3 is 14.3 Å². The van der Waals surface area contributed by atoms with E-state index in [1.54, 1.807) is 6.20 Å². The lowest BCUT2D eigenvalue weighted by molar-refractivity contribution is 0.439. The average molecular weight is 233 g/mol. The number of aromatic nitrogens is 2. The molecular formula is C13H19N3O. The summed E-state index contributed by atoms with van der Waals surface area (Å²) in [4.78, 5) is 4.21. The zero-order chi connectivity index (χ0) is 12.1. The van der Waals surface area contributed by atoms with Crippen molar-refractivity contribution in [2.45, 2.75) is 39.9 Å². The molecule has 0 bridgehead atoms. The molecule has 0 spiro atoms. The van der Waals surface area contributed by atoms with Crippen molar-refractivity contribution in [3.63, 3.8) is 0 Å². The minimum absolute atomic E-state index is 0.678. The first-order valence-corrected chi connectivity index (χ1v) is 6.10. The van der Waals surface area contributed by atoms with Gasteiger partial charge in [-0.15, -0.1) is 0 Å². The number of hydrogen-bond acceptors (Lipinski definition) is 3. The van der Waals surface area contributed by atoms with Crippen molar-refractivity contribution < 1.29 is 4.42 Å². The van der Waals surface area contributed by atoms with E-state index in [0.29, 0.717) is 6.54 Å². The van der Waals surface area contributed by atoms with Gasteiger partial charge in [-0.3, -0.25) is 0 Å². The summed E-state index contributed by atoms with van der Waals surface area (Å²) in [5, 5.41) is 3.32. The molecule has 4 heteroatoms. The highest BCUT2D eigenvalue weighted by atomic mass is 16.4. The SMILES string of the molecule is CCc1cnc(CNCc2ccn(CC)c2)o1. The van der Waals surface area contributed by atoms with Crippen LogP contribution in [0.2, 0.25) is 0 Å². The second-order valence-electron chi connectivity index (χ2n) is 4.03. The largest absolute Gasteiger partial charge is 0.444 e. The van der Waals surface area contributed by atoms with E-state index >= 15 is 0 Å². The van der Waals surface area contributed by atoms with Crippen LogP contribution < -0.4 is 5.32 Å². The first kappa shape index (κ1) is 11.9. The van der Waals surface area contributed by atoms with Crippen LogP contribution >= 0.6 is 0 Å². The lowest BCUT2D eigenvalue weighted by Crippen LogP contribution is -2.12. The molecule has 0 atom stereocenters. The standard InChI is InChI=1S/C13H19N3O/c1-3-12-8-15-13(17-12)9-14-7-11-5-6-16(4-2)10-11/h5-6,8,10,14H,3-4,7,9H2,1-2H3. The van der Waals surface area contributed by atoms with E-state index in [4.69, 9.17) is 4.42 Å². The second kappa shape index (κ2) is 5.68. The monoisotopic (exact) mass is 233 g/mol. The molecule has 0 unspecified atom stereocenters. The quantitative estimate of drug-likeness (QED) is 0.832. The van der Waals surface area contributed by atoms with Gasteiger partial charge in [-0.1, -0.05) is 6.92 Å². The van der Waals surface area contributed by atoms with Gasteiger partial charge in [0.05, 0.1) is 12.7 Å². The summed E-state index contributed by atoms with van der Waals surface area (Å²) < 4.78 is 7.68. The Bertz CT molecular complexity index is 416. The van der Waals surface area contributed by atoms with Crippen molar-refractivity contribution >= 4 is 0 Å². The van der Waals surface area contributed by atoms with Crippen LogP contribution in [-0.4, -0.2) is 9.55 Å². The molecule has 17 heavy (non-hydrogen) atoms. The van der Waals surface area contributed by atoms with Crippen molar-refractivity contribution in [2.24, 2.45) is 0 Å². The number of aryl methyl sites for hydroxylation is 2. The third kappa shape index (κ3) is 3.20. The minimum atomic E-state index is 0.678. The number of oxazole rings is 1. The van der Waals surface area contributed by atoms with Gasteiger partial charge in [0.2, 0.25) is 5.89 Å². The summed E-state index contributed by atoms with van der Waals surface area (Å²) in [6, 6.07) is 2.13. The number of hydrogen-bond donors (Lipinski definition) is 1. The summed E-state index contributed by atoms with van der Waals surface area (Å²) in [5.41, 5.74) is 1.29. The Balaban J connectivity index is 1.79. The topological polar surface area (TPSA) is 43.0 Å². The van der Waals surface area contributed by atoms with Crippen molar-refractivity contribution in [2.75, 3.05) is 0 Å². The molecule has 0 aliphatic heterocycles. The molecule has 1 N–H and O–H groups in total. The normalized spacial score (nSPS) is 10.9. The lowest BCUT2D eigenvalue weighted by Gasteiger charge is -1.99. The third-order valence-electron chi connectivity index (χ3n) is 2.73. The molecule has 2 heterocycles. The van der Waals surface area contributed by atoms with E-state index in [1.165, 1.54) is 5.56 Å². The van der Waals surface area contributed by atoms with Crippen LogP contribution in [0.1, 0.15) is 31.1 Å². The average Bonchev–Trinajstić information content (AvgIpc) is 2.97. The van der Waals surface area contributed by atoms with Gasteiger partial charge in [-0.25, -0.2) is 4.98 Å². The van der Waals surface area contributed by atoms with Crippen molar-refractivity contribution in [3.8, 4) is 0 Å². The fourth-order valence-corrected chi connectivity index (χ4v) is 1.70. The van der Waals surface area contributed by atoms with Crippen LogP contribution in [0, 0.1) is 0 Å². The van der Waals surface area contributed by atoms with Crippen LogP contribution in [0.4, 0.5) is 0 Å². The number of nitrogens with one attached hydrogen (secondary N) is 1. The molecule has 2 aromatic heterocycles. The number of nitrogens with zero attached hydrogens (tertiary/aromatic N) is 2. The van der Waals surface area contributed by atoms with Crippen molar-refractivity contribution in [1.29, 1.82) is 0 Å². The number of rotatable bonds is 6. The van der Waals surface area contributed by atoms with Gasteiger partial charge in [0.1, 0.15) is 5.76 Å². The van der Waals surface area contributed by atoms with Crippen molar-refractivity contribution in [1.82, 2.24) is 14.9 Å². The molecule has 0 aromatic carbocycles. The van der Waals surface area contributed by atoms with Crippen LogP contribution in [0.25, 0.3) is 0 Å². The van der Waals surface area contributed by atoms with E-state index in [2.05, 4.69) is 47.2 Å². The van der Waals surface area contributed by atoms with E-state index in [9.17, 15) is 0 Å². The molecule has 0 aliphatic carbocycles. The van der Waals surface area contributed by atoms with Crippen LogP contribution in [0.15, 0.2) is 29.1 Å². The van der Waals surface area contributed by atoms with E-state index in [1.807, 2.05) is 0 Å². The Hall–Kier alpha value is -1.55. The molecule has 2 aromatic rings. The Labute approximate surface area is 102 Å². The van der Waals surface area contributed by atoms with E-state index < -0.39 is 0 Å². The first-order chi connectivity index (χ1) is 8.31. The highest BCUT2D eigenvalue weighted by Gasteiger charge is 2.02. The van der Waals surface area contributed by atoms with Gasteiger partial charge in [0.15, 0.2) is 0 Å². The zero-order valence-corrected chi connectivity index (χ0v) is 10.4. The van der Waals surface area contributed by atoms with Crippen LogP contribution in [0.5, 0.6) is 0 Å². The Morgan fingerprint density at radius 1 is 1.35 bits per heavy atom. The summed E-state index contributed by atoms with van der Waals surface area (Å²) in [6.07, 6.45) is 6.94. The van der Waals surface area contributed by atoms with E-state index in [-0.39, 0.29) is 0 Å². The molecule has 0 fully saturated rings. The van der Waals surface area contributed by atoms with E-state index in [0.717, 1.165) is 31.2 Å². The fraction of sp³-hybridized carbons (Fsp3) is 0.462. The van der Waals surface area contributed by atoms with Gasteiger partial charge in [0, 0.05) is 31.9 Å². The lowest BCUT2D eigenvalue weighted by atomic mass is 10.3. The Morgan fingerprint density at radius 2 is 2.24 bits per heavy atom. The predicted octanol–water partition coefficient (Wildman–Crippen LogP) is 2.35. The third-order valence-corrected chi connectivity index (χ3v) is 2.73. The smallest absolute Gasteiger partial charge is 0.208 e. The molecule has 2 rings (SSSR count). The summed E-state index contributed by atoms with van der Waals surface area (Å²) in [6.45, 7) is 6.73. The van der Waals surface area contributed by atoms with Gasteiger partial charge >= 0.3 is 0 Å². The Kier molecular flexibility index (Phi) is 3.98. The molecule has 92 valence electrons. The molecule has 0 saturated carbocycles. The summed E-state index contributed by atoms with van der Waals surface area (Å²) >= 11 is 0. The predicted molar refractivity (Wildman–Crippen MR) is 66.5 cm³/mol. The molecule has 0 aliphatic rings. The molecule has 0 amide bonds. The maximum absolute atomic E-state index is 5.52. The van der Waals surface area contributed by atoms with Crippen LogP contribution in [-0.2, 0) is 26.1 Å². The van der Waals surface area contributed by atoms with Gasteiger partial charge in [0.25, 0.3) is 0 Å². The second-order valence-corrected chi connectivity index (χ2v) is 4.03. The highest BCUT2D eigenvalue weighted by molar-refractivity contribution is 5.09. The molecule has 0 radical (unpaired) electrons. The maximum atomic E-state index is 5.52. The van der Waals surface area contributed by atoms with Gasteiger partial charge in [-0.05, 0) is 18.6 Å². The van der Waals surface area contributed by atoms with Gasteiger partial charge in [-0.2, -0.15) is 0 Å². The van der Waals surface area contributed by atoms with Crippen LogP contribution in [0.3, 0.4) is 0 Å². The molecule has 4 nitrogen and oxygen atoms in total. The fourth-order valence-electron chi connectivity index (χ4n) is 1.70.